The smallest absolute Gasteiger partial charge is 0.410 e. The molecular weight excluding hydrogens is 1780 g/mol. The molecule has 0 bridgehead atoms. The molecule has 4 aromatic heterocycles. The second kappa shape index (κ2) is 29.7. The van der Waals surface area contributed by atoms with Crippen LogP contribution in [0, 0.1) is 71.1 Å². The van der Waals surface area contributed by atoms with Crippen molar-refractivity contribution in [3.05, 3.63) is 90.1 Å². The van der Waals surface area contributed by atoms with Crippen LogP contribution in [-0.4, -0.2) is 173 Å². The summed E-state index contributed by atoms with van der Waals surface area (Å²) in [6.45, 7) is 38.9. The minimum atomic E-state index is -3.73. The first-order chi connectivity index (χ1) is 44.2. The first kappa shape index (κ1) is 79.2. The molecule has 97 heavy (non-hydrogen) atoms. The van der Waals surface area contributed by atoms with E-state index in [0.717, 1.165) is 110 Å². The number of nitrogens with zero attached hydrogens (tertiary/aromatic N) is 11. The van der Waals surface area contributed by atoms with Crippen molar-refractivity contribution in [1.82, 2.24) is 59.1 Å². The molecule has 4 spiro atoms. The van der Waals surface area contributed by atoms with Crippen molar-refractivity contribution < 1.29 is 50.7 Å². The number of amides is 4. The number of carbonyl (C=O) groups excluding carboxylic acids is 4. The third kappa shape index (κ3) is 20.0. The third-order valence-electron chi connectivity index (χ3n) is 18.2. The van der Waals surface area contributed by atoms with E-state index in [4.69, 9.17) is 23.1 Å². The van der Waals surface area contributed by atoms with Crippen LogP contribution < -0.4 is 0 Å². The Morgan fingerprint density at radius 2 is 0.887 bits per heavy atom. The molecule has 13 rings (SSSR count). The molecule has 4 aliphatic heterocycles. The molecule has 1 N–H and O–H groups in total. The summed E-state index contributed by atoms with van der Waals surface area (Å²) in [4.78, 5) is 55.2. The van der Waals surface area contributed by atoms with Crippen LogP contribution in [0.1, 0.15) is 188 Å². The zero-order valence-electron chi connectivity index (χ0n) is 58.4. The van der Waals surface area contributed by atoms with Gasteiger partial charge in [-0.1, -0.05) is 25.1 Å². The molecule has 538 valence electrons. The minimum Gasteiger partial charge on any atom is -0.444 e. The molecule has 4 aliphatic carbocycles. The van der Waals surface area contributed by atoms with E-state index < -0.39 is 32.5 Å². The second-order valence-corrected chi connectivity index (χ2v) is 38.7. The molecule has 8 heterocycles. The topological polar surface area (TPSA) is 244 Å². The number of rotatable bonds is 6. The number of hydrogen-bond donors (Lipinski definition) is 1. The van der Waals surface area contributed by atoms with Gasteiger partial charge in [-0.15, -0.1) is 0 Å². The molecule has 8 aliphatic rings. The molecule has 1 aromatic carbocycles. The van der Waals surface area contributed by atoms with E-state index in [1.807, 2.05) is 125 Å². The van der Waals surface area contributed by atoms with Crippen LogP contribution in [0.5, 0.6) is 0 Å². The Balaban J connectivity index is 0.000000159. The van der Waals surface area contributed by atoms with E-state index in [-0.39, 0.29) is 53.6 Å². The summed E-state index contributed by atoms with van der Waals surface area (Å²) in [5, 5.41) is 20.4. The lowest BCUT2D eigenvalue weighted by molar-refractivity contribution is -0.115. The highest BCUT2D eigenvalue weighted by Crippen LogP contribution is 2.57. The van der Waals surface area contributed by atoms with Crippen LogP contribution in [0.2, 0.25) is 0 Å². The number of aryl methyl sites for hydroxylation is 4. The van der Waals surface area contributed by atoms with E-state index in [0.29, 0.717) is 54.9 Å². The largest absolute Gasteiger partial charge is 0.444 e. The Bertz CT molecular complexity index is 3620. The van der Waals surface area contributed by atoms with Gasteiger partial charge < -0.3 is 38.5 Å². The molecule has 23 nitrogen and oxygen atoms in total. The van der Waals surface area contributed by atoms with Crippen molar-refractivity contribution in [3.8, 4) is 0 Å². The van der Waals surface area contributed by atoms with E-state index in [9.17, 15) is 27.6 Å². The number of likely N-dealkylation sites (tertiary alicyclic amines) is 4. The molecule has 29 heteroatoms. The van der Waals surface area contributed by atoms with Crippen LogP contribution in [0.4, 0.5) is 19.2 Å². The summed E-state index contributed by atoms with van der Waals surface area (Å²) in [5.74, 6) is 0. The number of aromatic amines is 1. The molecule has 0 unspecified atom stereocenters. The first-order valence-corrected chi connectivity index (χ1v) is 39.2. The van der Waals surface area contributed by atoms with Gasteiger partial charge in [-0.3, -0.25) is 23.3 Å². The van der Waals surface area contributed by atoms with Crippen molar-refractivity contribution in [1.29, 1.82) is 0 Å². The minimum absolute atomic E-state index is 0. The van der Waals surface area contributed by atoms with Crippen molar-refractivity contribution >= 4 is 141 Å². The van der Waals surface area contributed by atoms with Gasteiger partial charge in [-0.05, 0) is 306 Å². The van der Waals surface area contributed by atoms with Gasteiger partial charge in [0.15, 0.2) is 0 Å². The number of carbonyl (C=O) groups is 4. The molecule has 0 radical (unpaired) electrons. The molecule has 0 atom stereocenters. The van der Waals surface area contributed by atoms with E-state index in [2.05, 4.69) is 172 Å². The Morgan fingerprint density at radius 1 is 0.515 bits per heavy atom. The number of benzene rings is 1. The summed E-state index contributed by atoms with van der Waals surface area (Å²) in [5.41, 5.74) is 4.75. The fourth-order valence-corrected chi connectivity index (χ4v) is 18.1. The number of H-pyrrole nitrogens is 1. The fourth-order valence-electron chi connectivity index (χ4n) is 13.9. The monoisotopic (exact) mass is 1880 g/mol. The Kier molecular flexibility index (Phi) is 24.2. The maximum absolute atomic E-state index is 12.3. The molecular formula is C68H99BrI4N12O11S. The number of hydrogen-bond acceptors (Lipinski definition) is 15. The standard InChI is InChI=1S/C18H25NO5S.C15H21BrIN3O2.2C15H22IN3O2.C4H5IN2.CH4/c1-13-5-7-15(8-6-13)25(21,22)24-14-9-18(10-14)11-19(12-18)16(20)23-17(2,3)4;1-9-11(16)12(17)18-20(9)10-5-15(6-10)7-19(8-15)13(21)22-14(2,3)4;1-10-5-12(16)17-19(10)11-6-15(7-11)8-18(9-15)13(20)21-14(2,3)4;1-10-5-12(16)19(17-10)11-6-15(7-11)8-18(9-15)13(20)21-14(2,3)4;1-3-2-4(5)7-6-3;/h5-8,14H,9-12H2,1-4H3;10H,5-8H2,1-4H3;2*5,11H,6-9H2,1-4H3;2H,1H3,(H,6,7);1H4. The zero-order chi connectivity index (χ0) is 70.8. The van der Waals surface area contributed by atoms with Crippen molar-refractivity contribution in [3.63, 3.8) is 0 Å². The molecule has 4 saturated heterocycles. The lowest BCUT2D eigenvalue weighted by Gasteiger charge is -2.58. The molecule has 4 amide bonds. The fraction of sp³-hybridized carbons (Fsp3) is 0.676. The summed E-state index contributed by atoms with van der Waals surface area (Å²) in [6.07, 6.45) is 6.78. The summed E-state index contributed by atoms with van der Waals surface area (Å²) in [6, 6.07) is 14.3. The third-order valence-corrected chi connectivity index (χ3v) is 23.9. The van der Waals surface area contributed by atoms with Crippen LogP contribution in [0.3, 0.4) is 0 Å². The van der Waals surface area contributed by atoms with Crippen LogP contribution in [0.25, 0.3) is 0 Å². The van der Waals surface area contributed by atoms with Crippen LogP contribution in [0.15, 0.2) is 51.8 Å². The molecule has 4 saturated carbocycles. The maximum atomic E-state index is 12.3. The summed E-state index contributed by atoms with van der Waals surface area (Å²) in [7, 11) is -3.73. The van der Waals surface area contributed by atoms with Gasteiger partial charge in [0, 0.05) is 85.4 Å². The Hall–Kier alpha value is -3.55. The summed E-state index contributed by atoms with van der Waals surface area (Å²) >= 11 is 12.6. The maximum Gasteiger partial charge on any atom is 0.410 e. The first-order valence-electron chi connectivity index (χ1n) is 32.6. The van der Waals surface area contributed by atoms with Crippen molar-refractivity contribution in [2.45, 2.75) is 228 Å². The van der Waals surface area contributed by atoms with E-state index >= 15 is 0 Å². The van der Waals surface area contributed by atoms with Crippen LogP contribution >= 0.6 is 106 Å². The summed E-state index contributed by atoms with van der Waals surface area (Å²) < 4.78 is 63.3. The normalized spacial score (nSPS) is 21.4. The Morgan fingerprint density at radius 3 is 1.18 bits per heavy atom. The SMILES string of the molecule is C.Cc1c(Br)c(I)nn1C1CC2(C1)CN(C(=O)OC(C)(C)C)C2.Cc1cc(I)n(C2CC3(C2)CN(C(=O)OC(C)(C)C)C3)n1.Cc1cc(I)n[nH]1.Cc1cc(I)nn1C1CC2(C1)CN(C(=O)OC(C)(C)C)C2.Cc1ccc(S(=O)(=O)OC2CC3(C2)CN(C(=O)OC(C)(C)C)C3)cc1. The van der Waals surface area contributed by atoms with Gasteiger partial charge in [0.2, 0.25) is 0 Å². The lowest BCUT2D eigenvalue weighted by atomic mass is 9.61. The average molecular weight is 1880 g/mol. The predicted molar refractivity (Wildman–Crippen MR) is 408 cm³/mol. The lowest BCUT2D eigenvalue weighted by Crippen LogP contribution is -2.65. The van der Waals surface area contributed by atoms with Gasteiger partial charge in [0.25, 0.3) is 10.1 Å². The van der Waals surface area contributed by atoms with E-state index in [1.54, 1.807) is 29.2 Å². The highest BCUT2D eigenvalue weighted by atomic mass is 127. The quantitative estimate of drug-likeness (QED) is 0.0944. The van der Waals surface area contributed by atoms with Crippen molar-refractivity contribution in [2.75, 3.05) is 52.4 Å². The highest BCUT2D eigenvalue weighted by Gasteiger charge is 2.59. The number of halogens is 5. The van der Waals surface area contributed by atoms with E-state index in [1.165, 1.54) is 15.1 Å². The van der Waals surface area contributed by atoms with Crippen molar-refractivity contribution in [2.24, 2.45) is 21.7 Å². The number of nitrogens with one attached hydrogen (secondary N) is 1. The highest BCUT2D eigenvalue weighted by molar-refractivity contribution is 14.1. The van der Waals surface area contributed by atoms with Gasteiger partial charge in [-0.25, -0.2) is 19.2 Å². The average Bonchev–Trinajstić information content (AvgIpc) is 1.73. The second-order valence-electron chi connectivity index (χ2n) is 32.0. The van der Waals surface area contributed by atoms with Gasteiger partial charge in [0.05, 0.1) is 48.7 Å². The molecule has 5 aromatic rings. The van der Waals surface area contributed by atoms with Gasteiger partial charge in [0.1, 0.15) is 33.5 Å². The Labute approximate surface area is 636 Å². The number of aromatic nitrogens is 8. The zero-order valence-corrected chi connectivity index (χ0v) is 69.4. The van der Waals surface area contributed by atoms with Gasteiger partial charge in [-0.2, -0.15) is 28.8 Å². The van der Waals surface area contributed by atoms with Gasteiger partial charge >= 0.3 is 24.4 Å². The van der Waals surface area contributed by atoms with Crippen LogP contribution in [-0.2, 0) is 33.2 Å². The molecule has 8 fully saturated rings. The number of ether oxygens (including phenoxy) is 4. The predicted octanol–water partition coefficient (Wildman–Crippen LogP) is 15.9.